The molecule has 2 rings (SSSR count). The van der Waals surface area contributed by atoms with Gasteiger partial charge < -0.3 is 9.67 Å². The largest absolute Gasteiger partial charge is 0.420 e. The van der Waals surface area contributed by atoms with Gasteiger partial charge in [-0.1, -0.05) is 6.58 Å². The third-order valence-electron chi connectivity index (χ3n) is 4.30. The van der Waals surface area contributed by atoms with E-state index in [9.17, 15) is 27.9 Å². The third-order valence-corrected chi connectivity index (χ3v) is 4.30. The zero-order chi connectivity index (χ0) is 19.2. The summed E-state index contributed by atoms with van der Waals surface area (Å²) < 4.78 is 41.9. The molecular formula is C15H19F3N4O3. The van der Waals surface area contributed by atoms with Crippen LogP contribution < -0.4 is 11.2 Å². The number of aromatic nitrogens is 4. The van der Waals surface area contributed by atoms with E-state index in [2.05, 4.69) is 11.6 Å². The number of aryl methyl sites for hydroxylation is 2. The van der Waals surface area contributed by atoms with Crippen LogP contribution in [0.3, 0.4) is 0 Å². The molecular weight excluding hydrogens is 341 g/mol. The van der Waals surface area contributed by atoms with Gasteiger partial charge in [-0.15, -0.1) is 0 Å². The van der Waals surface area contributed by atoms with E-state index in [0.29, 0.717) is 6.92 Å². The standard InChI is InChI=1S/C15H19F3N4O3/c1-9(14(2,25)15(16,17)18)6-5-7-22-12(23)10-11(19-8-20(10)3)21(4)13(22)24/h8,25H,1,5-7H2,2-4H3. The van der Waals surface area contributed by atoms with Crippen molar-refractivity contribution < 1.29 is 18.3 Å². The van der Waals surface area contributed by atoms with Crippen LogP contribution in [0, 0.1) is 0 Å². The first-order chi connectivity index (χ1) is 11.4. The maximum Gasteiger partial charge on any atom is 0.420 e. The van der Waals surface area contributed by atoms with Crippen molar-refractivity contribution in [2.75, 3.05) is 0 Å². The van der Waals surface area contributed by atoms with Gasteiger partial charge in [-0.2, -0.15) is 13.2 Å². The maximum absolute atomic E-state index is 12.8. The summed E-state index contributed by atoms with van der Waals surface area (Å²) >= 11 is 0. The number of hydrogen-bond acceptors (Lipinski definition) is 4. The van der Waals surface area contributed by atoms with E-state index in [0.717, 1.165) is 4.57 Å². The van der Waals surface area contributed by atoms with Crippen molar-refractivity contribution in [1.29, 1.82) is 0 Å². The van der Waals surface area contributed by atoms with Gasteiger partial charge in [-0.25, -0.2) is 9.78 Å². The fraction of sp³-hybridized carbons (Fsp3) is 0.533. The lowest BCUT2D eigenvalue weighted by Gasteiger charge is -2.28. The fourth-order valence-electron chi connectivity index (χ4n) is 2.49. The number of rotatable bonds is 5. The van der Waals surface area contributed by atoms with Gasteiger partial charge in [0, 0.05) is 20.6 Å². The number of halogens is 3. The summed E-state index contributed by atoms with van der Waals surface area (Å²) in [6.45, 7) is 3.82. The van der Waals surface area contributed by atoms with Crippen molar-refractivity contribution in [2.45, 2.75) is 38.1 Å². The molecule has 0 bridgehead atoms. The lowest BCUT2D eigenvalue weighted by Crippen LogP contribution is -2.44. The Kier molecular flexibility index (Phi) is 4.69. The second kappa shape index (κ2) is 6.17. The highest BCUT2D eigenvalue weighted by Gasteiger charge is 2.51. The lowest BCUT2D eigenvalue weighted by molar-refractivity contribution is -0.237. The second-order valence-corrected chi connectivity index (χ2v) is 6.10. The highest BCUT2D eigenvalue weighted by atomic mass is 19.4. The molecule has 0 amide bonds. The van der Waals surface area contributed by atoms with Gasteiger partial charge in [0.2, 0.25) is 0 Å². The molecule has 0 aliphatic heterocycles. The minimum Gasteiger partial charge on any atom is -0.377 e. The second-order valence-electron chi connectivity index (χ2n) is 6.10. The Labute approximate surface area is 140 Å². The van der Waals surface area contributed by atoms with E-state index < -0.39 is 28.6 Å². The topological polar surface area (TPSA) is 82.0 Å². The molecule has 0 spiro atoms. The highest BCUT2D eigenvalue weighted by molar-refractivity contribution is 5.69. The van der Waals surface area contributed by atoms with Crippen LogP contribution in [-0.2, 0) is 20.6 Å². The average molecular weight is 360 g/mol. The number of alkyl halides is 3. The van der Waals surface area contributed by atoms with E-state index in [1.807, 2.05) is 0 Å². The molecule has 0 fully saturated rings. The summed E-state index contributed by atoms with van der Waals surface area (Å²) in [6, 6.07) is 0. The quantitative estimate of drug-likeness (QED) is 0.809. The Bertz CT molecular complexity index is 934. The van der Waals surface area contributed by atoms with Crippen LogP contribution in [0.25, 0.3) is 11.2 Å². The van der Waals surface area contributed by atoms with E-state index in [1.54, 1.807) is 7.05 Å². The van der Waals surface area contributed by atoms with Crippen molar-refractivity contribution in [3.63, 3.8) is 0 Å². The van der Waals surface area contributed by atoms with Crippen molar-refractivity contribution in [3.05, 3.63) is 39.3 Å². The molecule has 0 radical (unpaired) electrons. The first kappa shape index (κ1) is 19.0. The lowest BCUT2D eigenvalue weighted by atomic mass is 9.93. The molecule has 2 heterocycles. The van der Waals surface area contributed by atoms with Gasteiger partial charge in [0.05, 0.1) is 6.33 Å². The van der Waals surface area contributed by atoms with Crippen LogP contribution in [-0.4, -0.2) is 35.6 Å². The van der Waals surface area contributed by atoms with E-state index in [1.165, 1.54) is 22.5 Å². The summed E-state index contributed by atoms with van der Waals surface area (Å²) in [5.74, 6) is 0. The summed E-state index contributed by atoms with van der Waals surface area (Å²) in [6.07, 6.45) is -3.59. The van der Waals surface area contributed by atoms with Gasteiger partial charge in [-0.3, -0.25) is 13.9 Å². The summed E-state index contributed by atoms with van der Waals surface area (Å²) in [5, 5.41) is 9.55. The molecule has 138 valence electrons. The van der Waals surface area contributed by atoms with Crippen molar-refractivity contribution in [3.8, 4) is 0 Å². The minimum absolute atomic E-state index is 0.0452. The van der Waals surface area contributed by atoms with Gasteiger partial charge in [0.25, 0.3) is 5.56 Å². The SMILES string of the molecule is C=C(CCCn1c(=O)c2c(ncn2C)n(C)c1=O)C(C)(O)C(F)(F)F. The molecule has 7 nitrogen and oxygen atoms in total. The van der Waals surface area contributed by atoms with E-state index in [-0.39, 0.29) is 30.6 Å². The number of imidazole rings is 1. The third kappa shape index (κ3) is 3.13. The molecule has 0 aliphatic rings. The van der Waals surface area contributed by atoms with Crippen LogP contribution in [0.15, 0.2) is 28.1 Å². The zero-order valence-electron chi connectivity index (χ0n) is 14.1. The van der Waals surface area contributed by atoms with Crippen molar-refractivity contribution >= 4 is 11.2 Å². The number of aliphatic hydroxyl groups is 1. The summed E-state index contributed by atoms with van der Waals surface area (Å²) in [4.78, 5) is 28.7. The van der Waals surface area contributed by atoms with E-state index >= 15 is 0 Å². The smallest absolute Gasteiger partial charge is 0.377 e. The van der Waals surface area contributed by atoms with Crippen LogP contribution in [0.4, 0.5) is 13.2 Å². The molecule has 1 N–H and O–H groups in total. The molecule has 1 atom stereocenters. The van der Waals surface area contributed by atoms with Gasteiger partial charge in [0.1, 0.15) is 0 Å². The number of hydrogen-bond donors (Lipinski definition) is 1. The zero-order valence-corrected chi connectivity index (χ0v) is 14.1. The average Bonchev–Trinajstić information content (AvgIpc) is 2.89. The molecule has 2 aromatic heterocycles. The Balaban J connectivity index is 2.26. The molecule has 0 aromatic carbocycles. The molecule has 10 heteroatoms. The Hall–Kier alpha value is -2.36. The predicted octanol–water partition coefficient (Wildman–Crippen LogP) is 1.08. The predicted molar refractivity (Wildman–Crippen MR) is 85.3 cm³/mol. The Morgan fingerprint density at radius 3 is 2.48 bits per heavy atom. The first-order valence-electron chi connectivity index (χ1n) is 7.47. The fourth-order valence-corrected chi connectivity index (χ4v) is 2.49. The molecule has 0 saturated heterocycles. The van der Waals surface area contributed by atoms with Gasteiger partial charge in [0.15, 0.2) is 16.8 Å². The Morgan fingerprint density at radius 1 is 1.32 bits per heavy atom. The van der Waals surface area contributed by atoms with Crippen LogP contribution in [0.5, 0.6) is 0 Å². The Morgan fingerprint density at radius 2 is 1.92 bits per heavy atom. The number of fused-ring (bicyclic) bond motifs is 1. The molecule has 1 unspecified atom stereocenters. The van der Waals surface area contributed by atoms with Gasteiger partial charge >= 0.3 is 11.9 Å². The van der Waals surface area contributed by atoms with Gasteiger partial charge in [-0.05, 0) is 25.3 Å². The first-order valence-corrected chi connectivity index (χ1v) is 7.47. The minimum atomic E-state index is -4.84. The highest BCUT2D eigenvalue weighted by Crippen LogP contribution is 2.36. The van der Waals surface area contributed by atoms with Crippen LogP contribution in [0.1, 0.15) is 19.8 Å². The molecule has 25 heavy (non-hydrogen) atoms. The van der Waals surface area contributed by atoms with E-state index in [4.69, 9.17) is 0 Å². The van der Waals surface area contributed by atoms with Crippen LogP contribution >= 0.6 is 0 Å². The summed E-state index contributed by atoms with van der Waals surface area (Å²) in [7, 11) is 3.06. The number of nitrogens with zero attached hydrogens (tertiary/aromatic N) is 4. The normalized spacial score (nSPS) is 14.7. The monoisotopic (exact) mass is 360 g/mol. The van der Waals surface area contributed by atoms with Crippen molar-refractivity contribution in [2.24, 2.45) is 14.1 Å². The van der Waals surface area contributed by atoms with Crippen LogP contribution in [0.2, 0.25) is 0 Å². The molecule has 0 aliphatic carbocycles. The summed E-state index contributed by atoms with van der Waals surface area (Å²) in [5.41, 5.74) is -4.15. The maximum atomic E-state index is 12.8. The molecule has 2 aromatic rings. The van der Waals surface area contributed by atoms with Crippen molar-refractivity contribution in [1.82, 2.24) is 18.7 Å². The molecule has 0 saturated carbocycles.